The number of ketones is 1. The van der Waals surface area contributed by atoms with Gasteiger partial charge in [-0.05, 0) is 60.5 Å². The lowest BCUT2D eigenvalue weighted by Crippen LogP contribution is -2.19. The molecule has 0 saturated heterocycles. The van der Waals surface area contributed by atoms with Crippen molar-refractivity contribution >= 4 is 17.5 Å². The van der Waals surface area contributed by atoms with Crippen LogP contribution in [-0.4, -0.2) is 11.0 Å². The maximum Gasteiger partial charge on any atom is 0.176 e. The summed E-state index contributed by atoms with van der Waals surface area (Å²) in [6.45, 7) is 4.10. The summed E-state index contributed by atoms with van der Waals surface area (Å²) in [6, 6.07) is 16.6. The average molecular weight is 325 g/mol. The number of Topliss-reactive ketones (excluding diaryl/α,β-unsaturated/α-hetero) is 1. The van der Waals surface area contributed by atoms with Gasteiger partial charge in [-0.1, -0.05) is 32.0 Å². The van der Waals surface area contributed by atoms with Crippen molar-refractivity contribution in [3.8, 4) is 16.9 Å². The Morgan fingerprint density at radius 2 is 1.70 bits per heavy atom. The molecule has 2 aromatic rings. The molecule has 0 saturated carbocycles. The summed E-state index contributed by atoms with van der Waals surface area (Å²) < 4.78 is 5.72. The van der Waals surface area contributed by atoms with Crippen LogP contribution in [0.3, 0.4) is 0 Å². The van der Waals surface area contributed by atoms with Crippen LogP contribution in [-0.2, 0) is 0 Å². The van der Waals surface area contributed by atoms with E-state index in [1.165, 1.54) is 0 Å². The van der Waals surface area contributed by atoms with Crippen molar-refractivity contribution in [3.63, 3.8) is 0 Å². The Kier molecular flexibility index (Phi) is 6.25. The third-order valence-corrected chi connectivity index (χ3v) is 4.09. The number of carbonyl (C=O) groups is 1. The number of carbonyl (C=O) groups excluding carboxylic acids is 1. The van der Waals surface area contributed by atoms with Crippen molar-refractivity contribution in [3.05, 3.63) is 60.2 Å². The summed E-state index contributed by atoms with van der Waals surface area (Å²) in [4.78, 5) is 12.5. The SMILES string of the molecule is CC(C)CC(SC#N)C(=O)c1ccc(Oc2ccccc2)cc1. The minimum Gasteiger partial charge on any atom is -0.457 e. The fourth-order valence-electron chi connectivity index (χ4n) is 2.20. The summed E-state index contributed by atoms with van der Waals surface area (Å²) >= 11 is 1.04. The first-order valence-electron chi connectivity index (χ1n) is 7.52. The zero-order valence-corrected chi connectivity index (χ0v) is 14.0. The number of thioether (sulfide) groups is 1. The Balaban J connectivity index is 2.08. The van der Waals surface area contributed by atoms with Gasteiger partial charge < -0.3 is 4.74 Å². The Bertz CT molecular complexity index is 675. The number of thiocyanates is 1. The molecule has 0 heterocycles. The van der Waals surface area contributed by atoms with Crippen LogP contribution < -0.4 is 4.74 Å². The van der Waals surface area contributed by atoms with Crippen molar-refractivity contribution in [2.75, 3.05) is 0 Å². The smallest absolute Gasteiger partial charge is 0.176 e. The molecule has 0 aliphatic carbocycles. The summed E-state index contributed by atoms with van der Waals surface area (Å²) in [5.74, 6) is 1.80. The molecule has 0 bridgehead atoms. The molecule has 1 unspecified atom stereocenters. The third-order valence-electron chi connectivity index (χ3n) is 3.29. The van der Waals surface area contributed by atoms with E-state index in [9.17, 15) is 4.79 Å². The maximum absolute atomic E-state index is 12.5. The summed E-state index contributed by atoms with van der Waals surface area (Å²) in [6.07, 6.45) is 0.694. The average Bonchev–Trinajstić information content (AvgIpc) is 2.55. The van der Waals surface area contributed by atoms with Crippen LogP contribution >= 0.6 is 11.8 Å². The predicted molar refractivity (Wildman–Crippen MR) is 93.7 cm³/mol. The summed E-state index contributed by atoms with van der Waals surface area (Å²) in [5.41, 5.74) is 0.610. The molecule has 118 valence electrons. The molecule has 2 aromatic carbocycles. The van der Waals surface area contributed by atoms with Gasteiger partial charge in [-0.2, -0.15) is 5.26 Å². The highest BCUT2D eigenvalue weighted by Crippen LogP contribution is 2.25. The van der Waals surface area contributed by atoms with Crippen LogP contribution in [0.1, 0.15) is 30.6 Å². The topological polar surface area (TPSA) is 50.1 Å². The van der Waals surface area contributed by atoms with Gasteiger partial charge in [0.2, 0.25) is 0 Å². The Hall–Kier alpha value is -2.25. The van der Waals surface area contributed by atoms with E-state index in [0.29, 0.717) is 23.7 Å². The maximum atomic E-state index is 12.5. The molecule has 23 heavy (non-hydrogen) atoms. The molecule has 0 spiro atoms. The molecule has 0 amide bonds. The van der Waals surface area contributed by atoms with E-state index in [4.69, 9.17) is 10.00 Å². The van der Waals surface area contributed by atoms with E-state index >= 15 is 0 Å². The Morgan fingerprint density at radius 1 is 1.09 bits per heavy atom. The molecule has 4 heteroatoms. The van der Waals surface area contributed by atoms with Crippen LogP contribution in [0.4, 0.5) is 0 Å². The van der Waals surface area contributed by atoms with Gasteiger partial charge >= 0.3 is 0 Å². The molecule has 0 aliphatic heterocycles. The lowest BCUT2D eigenvalue weighted by Gasteiger charge is -2.14. The van der Waals surface area contributed by atoms with Crippen molar-refractivity contribution in [2.45, 2.75) is 25.5 Å². The molecule has 3 nitrogen and oxygen atoms in total. The second-order valence-electron chi connectivity index (χ2n) is 5.63. The number of hydrogen-bond donors (Lipinski definition) is 0. The zero-order chi connectivity index (χ0) is 16.7. The Labute approximate surface area is 141 Å². The number of nitrogens with zero attached hydrogens (tertiary/aromatic N) is 1. The van der Waals surface area contributed by atoms with Gasteiger partial charge in [-0.15, -0.1) is 0 Å². The van der Waals surface area contributed by atoms with Gasteiger partial charge in [0.1, 0.15) is 16.9 Å². The van der Waals surface area contributed by atoms with Crippen molar-refractivity contribution in [1.29, 1.82) is 5.26 Å². The fraction of sp³-hybridized carbons (Fsp3) is 0.263. The molecular formula is C19H19NO2S. The standard InChI is InChI=1S/C19H19NO2S/c1-14(2)12-18(23-13-20)19(21)15-8-10-17(11-9-15)22-16-6-4-3-5-7-16/h3-11,14,18H,12H2,1-2H3. The van der Waals surface area contributed by atoms with E-state index in [1.807, 2.05) is 35.7 Å². The van der Waals surface area contributed by atoms with Gasteiger partial charge in [0, 0.05) is 5.56 Å². The van der Waals surface area contributed by atoms with Gasteiger partial charge in [-0.25, -0.2) is 0 Å². The quantitative estimate of drug-likeness (QED) is 0.512. The zero-order valence-electron chi connectivity index (χ0n) is 13.2. The molecule has 1 atom stereocenters. The first-order chi connectivity index (χ1) is 11.1. The van der Waals surface area contributed by atoms with Crippen LogP contribution in [0.15, 0.2) is 54.6 Å². The second kappa shape index (κ2) is 8.40. The number of rotatable bonds is 7. The largest absolute Gasteiger partial charge is 0.457 e. The van der Waals surface area contributed by atoms with Crippen molar-refractivity contribution in [1.82, 2.24) is 0 Å². The van der Waals surface area contributed by atoms with E-state index in [1.54, 1.807) is 24.3 Å². The van der Waals surface area contributed by atoms with Gasteiger partial charge in [-0.3, -0.25) is 4.79 Å². The second-order valence-corrected chi connectivity index (χ2v) is 6.62. The molecule has 0 aromatic heterocycles. The molecule has 2 rings (SSSR count). The minimum absolute atomic E-state index is 0.00323. The first kappa shape index (κ1) is 17.1. The van der Waals surface area contributed by atoms with E-state index in [2.05, 4.69) is 13.8 Å². The lowest BCUT2D eigenvalue weighted by molar-refractivity contribution is 0.0982. The highest BCUT2D eigenvalue weighted by atomic mass is 32.2. The molecule has 0 radical (unpaired) electrons. The number of ether oxygens (including phenoxy) is 1. The molecular weight excluding hydrogens is 306 g/mol. The number of para-hydroxylation sites is 1. The normalized spacial score (nSPS) is 11.7. The molecule has 0 N–H and O–H groups in total. The lowest BCUT2D eigenvalue weighted by atomic mass is 10.0. The van der Waals surface area contributed by atoms with Crippen molar-refractivity contribution < 1.29 is 9.53 Å². The third kappa shape index (κ3) is 5.15. The number of hydrogen-bond acceptors (Lipinski definition) is 4. The fourth-order valence-corrected chi connectivity index (χ4v) is 3.05. The number of benzene rings is 2. The van der Waals surface area contributed by atoms with Crippen LogP contribution in [0.5, 0.6) is 11.5 Å². The Morgan fingerprint density at radius 3 is 2.26 bits per heavy atom. The van der Waals surface area contributed by atoms with Gasteiger partial charge in [0.15, 0.2) is 5.78 Å². The molecule has 0 aliphatic rings. The number of nitriles is 1. The van der Waals surface area contributed by atoms with E-state index < -0.39 is 0 Å². The van der Waals surface area contributed by atoms with Gasteiger partial charge in [0.05, 0.1) is 5.25 Å². The van der Waals surface area contributed by atoms with Crippen LogP contribution in [0, 0.1) is 16.6 Å². The van der Waals surface area contributed by atoms with Crippen molar-refractivity contribution in [2.24, 2.45) is 5.92 Å². The van der Waals surface area contributed by atoms with E-state index in [0.717, 1.165) is 17.5 Å². The van der Waals surface area contributed by atoms with E-state index in [-0.39, 0.29) is 11.0 Å². The van der Waals surface area contributed by atoms with Gasteiger partial charge in [0.25, 0.3) is 0 Å². The first-order valence-corrected chi connectivity index (χ1v) is 8.40. The van der Waals surface area contributed by atoms with Crippen LogP contribution in [0.2, 0.25) is 0 Å². The monoisotopic (exact) mass is 325 g/mol. The van der Waals surface area contributed by atoms with Crippen LogP contribution in [0.25, 0.3) is 0 Å². The highest BCUT2D eigenvalue weighted by Gasteiger charge is 2.22. The summed E-state index contributed by atoms with van der Waals surface area (Å²) in [7, 11) is 0. The minimum atomic E-state index is -0.319. The highest BCUT2D eigenvalue weighted by molar-refractivity contribution is 8.05. The summed E-state index contributed by atoms with van der Waals surface area (Å²) in [5, 5.41) is 10.6. The molecule has 0 fully saturated rings. The predicted octanol–water partition coefficient (Wildman–Crippen LogP) is 5.29.